The fourth-order valence-electron chi connectivity index (χ4n) is 2.37. The standard InChI is InChI=1S/C20H33NO/c1-2-3-4-6-12-17-22-18-13-7-5-11-16-21-19-20-14-9-8-10-15-20/h2-3,8-10,14-15,21H,4-7,11-13,16-19H2,1H3. The molecular formula is C20H33NO. The Hall–Kier alpha value is -1.12. The van der Waals surface area contributed by atoms with Crippen LogP contribution in [-0.4, -0.2) is 19.8 Å². The van der Waals surface area contributed by atoms with Crippen LogP contribution in [0.3, 0.4) is 0 Å². The van der Waals surface area contributed by atoms with E-state index in [9.17, 15) is 0 Å². The molecule has 2 nitrogen and oxygen atoms in total. The molecule has 124 valence electrons. The van der Waals surface area contributed by atoms with Crippen LogP contribution in [0.15, 0.2) is 42.5 Å². The maximum Gasteiger partial charge on any atom is 0.0466 e. The van der Waals surface area contributed by atoms with E-state index in [0.717, 1.165) is 26.3 Å². The molecule has 0 saturated carbocycles. The van der Waals surface area contributed by atoms with Crippen LogP contribution in [0, 0.1) is 0 Å². The SMILES string of the molecule is CC=CCCCCOCCCCCCNCc1ccccc1. The minimum absolute atomic E-state index is 0.927. The average Bonchev–Trinajstić information content (AvgIpc) is 2.56. The molecule has 0 radical (unpaired) electrons. The minimum atomic E-state index is 0.927. The molecule has 0 bridgehead atoms. The van der Waals surface area contributed by atoms with Crippen molar-refractivity contribution in [2.24, 2.45) is 0 Å². The monoisotopic (exact) mass is 303 g/mol. The number of unbranched alkanes of at least 4 members (excludes halogenated alkanes) is 5. The quantitative estimate of drug-likeness (QED) is 0.381. The van der Waals surface area contributed by atoms with Gasteiger partial charge in [0, 0.05) is 19.8 Å². The van der Waals surface area contributed by atoms with E-state index in [1.165, 1.54) is 50.5 Å². The maximum atomic E-state index is 5.66. The Morgan fingerprint density at radius 3 is 2.41 bits per heavy atom. The second kappa shape index (κ2) is 14.8. The minimum Gasteiger partial charge on any atom is -0.381 e. The topological polar surface area (TPSA) is 21.3 Å². The molecule has 1 aromatic rings. The Bertz CT molecular complexity index is 361. The third kappa shape index (κ3) is 11.5. The molecule has 0 heterocycles. The average molecular weight is 303 g/mol. The van der Waals surface area contributed by atoms with Crippen LogP contribution in [0.1, 0.15) is 57.4 Å². The highest BCUT2D eigenvalue weighted by atomic mass is 16.5. The highest BCUT2D eigenvalue weighted by Crippen LogP contribution is 2.02. The van der Waals surface area contributed by atoms with E-state index in [-0.39, 0.29) is 0 Å². The summed E-state index contributed by atoms with van der Waals surface area (Å²) in [5.74, 6) is 0. The van der Waals surface area contributed by atoms with Gasteiger partial charge >= 0.3 is 0 Å². The molecule has 1 aromatic carbocycles. The van der Waals surface area contributed by atoms with E-state index >= 15 is 0 Å². The van der Waals surface area contributed by atoms with Gasteiger partial charge in [0.25, 0.3) is 0 Å². The fourth-order valence-corrected chi connectivity index (χ4v) is 2.37. The van der Waals surface area contributed by atoms with Gasteiger partial charge in [0.2, 0.25) is 0 Å². The second-order valence-corrected chi connectivity index (χ2v) is 5.75. The Balaban J connectivity index is 1.75. The van der Waals surface area contributed by atoms with E-state index in [2.05, 4.69) is 54.7 Å². The molecule has 0 atom stereocenters. The molecule has 0 aliphatic carbocycles. The molecule has 0 amide bonds. The van der Waals surface area contributed by atoms with E-state index in [1.54, 1.807) is 0 Å². The van der Waals surface area contributed by atoms with Crippen molar-refractivity contribution in [3.05, 3.63) is 48.0 Å². The normalized spacial score (nSPS) is 11.3. The first-order valence-electron chi connectivity index (χ1n) is 8.87. The van der Waals surface area contributed by atoms with Gasteiger partial charge in [-0.1, -0.05) is 55.3 Å². The van der Waals surface area contributed by atoms with Crippen molar-refractivity contribution < 1.29 is 4.74 Å². The van der Waals surface area contributed by atoms with Crippen LogP contribution in [0.5, 0.6) is 0 Å². The first kappa shape index (κ1) is 18.9. The summed E-state index contributed by atoms with van der Waals surface area (Å²) in [6.45, 7) is 6.03. The zero-order chi connectivity index (χ0) is 15.7. The molecule has 0 aliphatic rings. The highest BCUT2D eigenvalue weighted by molar-refractivity contribution is 5.14. The maximum absolute atomic E-state index is 5.66. The van der Waals surface area contributed by atoms with Crippen molar-refractivity contribution in [1.29, 1.82) is 0 Å². The van der Waals surface area contributed by atoms with Gasteiger partial charge in [-0.3, -0.25) is 0 Å². The Morgan fingerprint density at radius 1 is 0.909 bits per heavy atom. The lowest BCUT2D eigenvalue weighted by Crippen LogP contribution is -2.14. The molecule has 1 rings (SSSR count). The largest absolute Gasteiger partial charge is 0.381 e. The second-order valence-electron chi connectivity index (χ2n) is 5.75. The smallest absolute Gasteiger partial charge is 0.0466 e. The highest BCUT2D eigenvalue weighted by Gasteiger charge is 1.93. The van der Waals surface area contributed by atoms with Gasteiger partial charge in [-0.15, -0.1) is 0 Å². The number of nitrogens with one attached hydrogen (secondary N) is 1. The van der Waals surface area contributed by atoms with Crippen molar-refractivity contribution in [3.8, 4) is 0 Å². The van der Waals surface area contributed by atoms with Crippen molar-refractivity contribution in [2.45, 2.75) is 58.4 Å². The van der Waals surface area contributed by atoms with Gasteiger partial charge in [0.05, 0.1) is 0 Å². The van der Waals surface area contributed by atoms with Gasteiger partial charge in [-0.05, 0) is 51.1 Å². The predicted octanol–water partition coefficient (Wildman–Crippen LogP) is 5.10. The third-order valence-corrected chi connectivity index (χ3v) is 3.71. The Labute approximate surface area is 137 Å². The Morgan fingerprint density at radius 2 is 1.64 bits per heavy atom. The molecule has 0 aromatic heterocycles. The first-order chi connectivity index (χ1) is 10.9. The van der Waals surface area contributed by atoms with Gasteiger partial charge in [-0.2, -0.15) is 0 Å². The molecule has 0 fully saturated rings. The van der Waals surface area contributed by atoms with E-state index < -0.39 is 0 Å². The predicted molar refractivity (Wildman–Crippen MR) is 96.1 cm³/mol. The summed E-state index contributed by atoms with van der Waals surface area (Å²) in [4.78, 5) is 0. The first-order valence-corrected chi connectivity index (χ1v) is 8.87. The summed E-state index contributed by atoms with van der Waals surface area (Å²) in [5.41, 5.74) is 1.37. The van der Waals surface area contributed by atoms with E-state index in [0.29, 0.717) is 0 Å². The number of benzene rings is 1. The lowest BCUT2D eigenvalue weighted by atomic mass is 10.2. The number of ether oxygens (including phenoxy) is 1. The molecule has 0 saturated heterocycles. The summed E-state index contributed by atoms with van der Waals surface area (Å²) in [5, 5.41) is 3.50. The van der Waals surface area contributed by atoms with Crippen LogP contribution in [-0.2, 0) is 11.3 Å². The molecular weight excluding hydrogens is 270 g/mol. The molecule has 1 N–H and O–H groups in total. The number of rotatable bonds is 14. The van der Waals surface area contributed by atoms with Crippen LogP contribution in [0.25, 0.3) is 0 Å². The summed E-state index contributed by atoms with van der Waals surface area (Å²) in [7, 11) is 0. The van der Waals surface area contributed by atoms with E-state index in [4.69, 9.17) is 4.74 Å². The summed E-state index contributed by atoms with van der Waals surface area (Å²) in [6, 6.07) is 10.6. The molecule has 0 aliphatic heterocycles. The van der Waals surface area contributed by atoms with E-state index in [1.807, 2.05) is 0 Å². The third-order valence-electron chi connectivity index (χ3n) is 3.71. The van der Waals surface area contributed by atoms with Gasteiger partial charge in [-0.25, -0.2) is 0 Å². The van der Waals surface area contributed by atoms with Crippen LogP contribution >= 0.6 is 0 Å². The van der Waals surface area contributed by atoms with Gasteiger partial charge in [0.15, 0.2) is 0 Å². The van der Waals surface area contributed by atoms with Crippen LogP contribution < -0.4 is 5.32 Å². The number of hydrogen-bond donors (Lipinski definition) is 1. The van der Waals surface area contributed by atoms with Crippen molar-refractivity contribution in [2.75, 3.05) is 19.8 Å². The van der Waals surface area contributed by atoms with Crippen LogP contribution in [0.4, 0.5) is 0 Å². The number of allylic oxidation sites excluding steroid dienone is 2. The molecule has 0 unspecified atom stereocenters. The molecule has 2 heteroatoms. The summed E-state index contributed by atoms with van der Waals surface area (Å²) in [6.07, 6.45) is 13.0. The lowest BCUT2D eigenvalue weighted by molar-refractivity contribution is 0.126. The summed E-state index contributed by atoms with van der Waals surface area (Å²) >= 11 is 0. The van der Waals surface area contributed by atoms with Crippen molar-refractivity contribution >= 4 is 0 Å². The zero-order valence-electron chi connectivity index (χ0n) is 14.2. The molecule has 0 spiro atoms. The lowest BCUT2D eigenvalue weighted by Gasteiger charge is -2.06. The number of hydrogen-bond acceptors (Lipinski definition) is 2. The summed E-state index contributed by atoms with van der Waals surface area (Å²) < 4.78 is 5.66. The Kier molecular flexibility index (Phi) is 12.7. The molecule has 22 heavy (non-hydrogen) atoms. The van der Waals surface area contributed by atoms with Crippen molar-refractivity contribution in [3.63, 3.8) is 0 Å². The zero-order valence-corrected chi connectivity index (χ0v) is 14.2. The van der Waals surface area contributed by atoms with Gasteiger partial charge in [0.1, 0.15) is 0 Å². The van der Waals surface area contributed by atoms with Crippen LogP contribution in [0.2, 0.25) is 0 Å². The fraction of sp³-hybridized carbons (Fsp3) is 0.600. The van der Waals surface area contributed by atoms with Gasteiger partial charge < -0.3 is 10.1 Å². The van der Waals surface area contributed by atoms with Crippen molar-refractivity contribution in [1.82, 2.24) is 5.32 Å².